The minimum Gasteiger partial charge on any atom is -0.497 e. The molecule has 2 aromatic carbocycles. The molecule has 0 spiro atoms. The average molecular weight is 398 g/mol. The van der Waals surface area contributed by atoms with Crippen LogP contribution in [-0.2, 0) is 21.2 Å². The number of rotatable bonds is 4. The molecule has 0 saturated carbocycles. The van der Waals surface area contributed by atoms with Gasteiger partial charge in [-0.05, 0) is 42.3 Å². The quantitative estimate of drug-likeness (QED) is 0.704. The Bertz CT molecular complexity index is 1190. The van der Waals surface area contributed by atoms with Crippen molar-refractivity contribution in [3.05, 3.63) is 66.0 Å². The molecule has 0 aliphatic carbocycles. The summed E-state index contributed by atoms with van der Waals surface area (Å²) in [5, 5.41) is 10.6. The number of aromatic amines is 1. The first kappa shape index (κ1) is 18.1. The molecule has 3 aromatic rings. The SMILES string of the molecule is COc1ccc(S(=O)(=O)N2C=C(C(=O)O)c3[nH]c4ccccc4c3CC2)cc1. The van der Waals surface area contributed by atoms with Crippen LogP contribution in [0.5, 0.6) is 5.75 Å². The normalized spacial score (nSPS) is 14.3. The number of hydrogen-bond donors (Lipinski definition) is 2. The lowest BCUT2D eigenvalue weighted by atomic mass is 10.0. The van der Waals surface area contributed by atoms with Crippen molar-refractivity contribution in [2.24, 2.45) is 0 Å². The molecule has 2 heterocycles. The van der Waals surface area contributed by atoms with E-state index >= 15 is 0 Å². The molecule has 0 atom stereocenters. The zero-order valence-electron chi connectivity index (χ0n) is 15.0. The molecule has 7 nitrogen and oxygen atoms in total. The number of hydrogen-bond acceptors (Lipinski definition) is 4. The van der Waals surface area contributed by atoms with Gasteiger partial charge in [0.05, 0.1) is 17.7 Å². The second-order valence-corrected chi connectivity index (χ2v) is 8.30. The lowest BCUT2D eigenvalue weighted by Crippen LogP contribution is -2.28. The molecule has 4 rings (SSSR count). The molecule has 144 valence electrons. The number of ether oxygens (including phenoxy) is 1. The molecular weight excluding hydrogens is 380 g/mol. The highest BCUT2D eigenvalue weighted by Crippen LogP contribution is 2.32. The largest absolute Gasteiger partial charge is 0.497 e. The molecule has 0 unspecified atom stereocenters. The van der Waals surface area contributed by atoms with E-state index in [0.717, 1.165) is 20.8 Å². The first-order chi connectivity index (χ1) is 13.4. The van der Waals surface area contributed by atoms with Crippen LogP contribution in [0.3, 0.4) is 0 Å². The smallest absolute Gasteiger partial charge is 0.339 e. The second kappa shape index (κ2) is 6.72. The second-order valence-electron chi connectivity index (χ2n) is 6.41. The Balaban J connectivity index is 1.81. The van der Waals surface area contributed by atoms with Gasteiger partial charge in [-0.3, -0.25) is 4.31 Å². The molecule has 0 radical (unpaired) electrons. The fraction of sp³-hybridized carbons (Fsp3) is 0.150. The van der Waals surface area contributed by atoms with Gasteiger partial charge in [-0.2, -0.15) is 0 Å². The number of methoxy groups -OCH3 is 1. The maximum atomic E-state index is 13.1. The van der Waals surface area contributed by atoms with E-state index in [1.54, 1.807) is 12.1 Å². The van der Waals surface area contributed by atoms with Crippen LogP contribution >= 0.6 is 0 Å². The Morgan fingerprint density at radius 2 is 1.86 bits per heavy atom. The van der Waals surface area contributed by atoms with Crippen LogP contribution < -0.4 is 4.74 Å². The Labute approximate surface area is 161 Å². The molecule has 1 aliphatic rings. The van der Waals surface area contributed by atoms with Gasteiger partial charge in [-0.15, -0.1) is 0 Å². The van der Waals surface area contributed by atoms with Crippen molar-refractivity contribution in [2.75, 3.05) is 13.7 Å². The van der Waals surface area contributed by atoms with E-state index in [1.807, 2.05) is 24.3 Å². The first-order valence-electron chi connectivity index (χ1n) is 8.63. The Morgan fingerprint density at radius 1 is 1.14 bits per heavy atom. The van der Waals surface area contributed by atoms with Gasteiger partial charge in [-0.25, -0.2) is 13.2 Å². The number of carbonyl (C=O) groups is 1. The van der Waals surface area contributed by atoms with E-state index in [1.165, 1.54) is 25.4 Å². The van der Waals surface area contributed by atoms with Crippen LogP contribution in [0.1, 0.15) is 11.3 Å². The first-order valence-corrected chi connectivity index (χ1v) is 10.1. The summed E-state index contributed by atoms with van der Waals surface area (Å²) in [5.41, 5.74) is 1.99. The summed E-state index contributed by atoms with van der Waals surface area (Å²) in [4.78, 5) is 15.1. The van der Waals surface area contributed by atoms with Crippen molar-refractivity contribution in [2.45, 2.75) is 11.3 Å². The molecule has 1 aromatic heterocycles. The maximum Gasteiger partial charge on any atom is 0.339 e. The van der Waals surface area contributed by atoms with E-state index in [-0.39, 0.29) is 17.0 Å². The Hall–Kier alpha value is -3.26. The number of benzene rings is 2. The lowest BCUT2D eigenvalue weighted by molar-refractivity contribution is -0.130. The number of H-pyrrole nitrogens is 1. The molecular formula is C20H18N2O5S. The van der Waals surface area contributed by atoms with Crippen molar-refractivity contribution in [3.8, 4) is 5.75 Å². The van der Waals surface area contributed by atoms with E-state index in [2.05, 4.69) is 4.98 Å². The van der Waals surface area contributed by atoms with Gasteiger partial charge in [0.15, 0.2) is 0 Å². The lowest BCUT2D eigenvalue weighted by Gasteiger charge is -2.19. The number of carboxylic acids is 1. The topological polar surface area (TPSA) is 99.7 Å². The highest BCUT2D eigenvalue weighted by atomic mass is 32.2. The van der Waals surface area contributed by atoms with E-state index in [0.29, 0.717) is 17.9 Å². The molecule has 0 bridgehead atoms. The zero-order valence-corrected chi connectivity index (χ0v) is 15.9. The summed E-state index contributed by atoms with van der Waals surface area (Å²) < 4.78 is 32.3. The molecule has 0 amide bonds. The van der Waals surface area contributed by atoms with Crippen LogP contribution in [-0.4, -0.2) is 42.4 Å². The Kier molecular flexibility index (Phi) is 4.35. The zero-order chi connectivity index (χ0) is 19.9. The van der Waals surface area contributed by atoms with Crippen LogP contribution in [0.15, 0.2) is 59.6 Å². The van der Waals surface area contributed by atoms with Crippen molar-refractivity contribution in [3.63, 3.8) is 0 Å². The number of aromatic nitrogens is 1. The number of nitrogens with one attached hydrogen (secondary N) is 1. The summed E-state index contributed by atoms with van der Waals surface area (Å²) in [6.45, 7) is 0.139. The molecule has 2 N–H and O–H groups in total. The van der Waals surface area contributed by atoms with Crippen LogP contribution in [0.4, 0.5) is 0 Å². The molecule has 1 aliphatic heterocycles. The number of aliphatic carboxylic acids is 1. The summed E-state index contributed by atoms with van der Waals surface area (Å²) in [5.74, 6) is -0.650. The number of nitrogens with zero attached hydrogens (tertiary/aromatic N) is 1. The molecule has 0 fully saturated rings. The fourth-order valence-electron chi connectivity index (χ4n) is 3.42. The van der Waals surface area contributed by atoms with Crippen LogP contribution in [0.25, 0.3) is 16.5 Å². The van der Waals surface area contributed by atoms with Crippen molar-refractivity contribution >= 4 is 32.5 Å². The van der Waals surface area contributed by atoms with Gasteiger partial charge in [0.2, 0.25) is 0 Å². The fourth-order valence-corrected chi connectivity index (χ4v) is 4.75. The highest BCUT2D eigenvalue weighted by Gasteiger charge is 2.29. The third kappa shape index (κ3) is 2.91. The minimum absolute atomic E-state index is 0.0738. The maximum absolute atomic E-state index is 13.1. The van der Waals surface area contributed by atoms with Gasteiger partial charge in [0, 0.05) is 23.6 Å². The summed E-state index contributed by atoms with van der Waals surface area (Å²) in [6, 6.07) is 13.5. The third-order valence-corrected chi connectivity index (χ3v) is 6.61. The van der Waals surface area contributed by atoms with Gasteiger partial charge >= 0.3 is 5.97 Å². The van der Waals surface area contributed by atoms with Crippen molar-refractivity contribution in [1.29, 1.82) is 0 Å². The van der Waals surface area contributed by atoms with Gasteiger partial charge < -0.3 is 14.8 Å². The average Bonchev–Trinajstić information content (AvgIpc) is 2.94. The molecule has 8 heteroatoms. The number of carboxylic acid groups (broad SMARTS) is 1. The minimum atomic E-state index is -3.90. The predicted molar refractivity (Wildman–Crippen MR) is 105 cm³/mol. The molecule has 28 heavy (non-hydrogen) atoms. The number of fused-ring (bicyclic) bond motifs is 3. The summed E-state index contributed by atoms with van der Waals surface area (Å²) in [6.07, 6.45) is 1.59. The van der Waals surface area contributed by atoms with Gasteiger partial charge in [-0.1, -0.05) is 18.2 Å². The van der Waals surface area contributed by atoms with E-state index in [4.69, 9.17) is 4.74 Å². The summed E-state index contributed by atoms with van der Waals surface area (Å²) >= 11 is 0. The van der Waals surface area contributed by atoms with Crippen molar-refractivity contribution in [1.82, 2.24) is 9.29 Å². The van der Waals surface area contributed by atoms with Gasteiger partial charge in [0.25, 0.3) is 10.0 Å². The van der Waals surface area contributed by atoms with E-state index in [9.17, 15) is 18.3 Å². The monoisotopic (exact) mass is 398 g/mol. The van der Waals surface area contributed by atoms with Crippen LogP contribution in [0.2, 0.25) is 0 Å². The third-order valence-electron chi connectivity index (χ3n) is 4.83. The Morgan fingerprint density at radius 3 is 2.54 bits per heavy atom. The predicted octanol–water partition coefficient (Wildman–Crippen LogP) is 2.85. The summed E-state index contributed by atoms with van der Waals surface area (Å²) in [7, 11) is -2.40. The number of sulfonamides is 1. The highest BCUT2D eigenvalue weighted by molar-refractivity contribution is 7.89. The van der Waals surface area contributed by atoms with Gasteiger partial charge in [0.1, 0.15) is 11.3 Å². The number of para-hydroxylation sites is 1. The van der Waals surface area contributed by atoms with E-state index < -0.39 is 16.0 Å². The molecule has 0 saturated heterocycles. The van der Waals surface area contributed by atoms with Crippen molar-refractivity contribution < 1.29 is 23.1 Å². The standard InChI is InChI=1S/C20H18N2O5S/c1-27-13-6-8-14(9-7-13)28(25,26)22-11-10-16-15-4-2-3-5-18(15)21-19(16)17(12-22)20(23)24/h2-9,12,21H,10-11H2,1H3,(H,23,24). The van der Waals surface area contributed by atoms with Crippen LogP contribution in [0, 0.1) is 0 Å².